The van der Waals surface area contributed by atoms with E-state index in [4.69, 9.17) is 0 Å². The molecule has 0 aromatic heterocycles. The fraction of sp³-hybridized carbons (Fsp3) is 0.500. The van der Waals surface area contributed by atoms with Crippen LogP contribution in [-0.2, 0) is 21.1 Å². The number of sulfone groups is 1. The van der Waals surface area contributed by atoms with Crippen LogP contribution in [0.4, 0.5) is 8.78 Å². The van der Waals surface area contributed by atoms with Gasteiger partial charge < -0.3 is 5.32 Å². The normalized spacial score (nSPS) is 20.4. The molecule has 1 aromatic rings. The molecule has 0 aliphatic carbocycles. The first-order valence-electron chi connectivity index (χ1n) is 6.77. The van der Waals surface area contributed by atoms with Crippen LogP contribution < -0.4 is 5.32 Å². The van der Waals surface area contributed by atoms with Crippen LogP contribution in [0.15, 0.2) is 18.2 Å². The van der Waals surface area contributed by atoms with Crippen LogP contribution in [0.5, 0.6) is 0 Å². The summed E-state index contributed by atoms with van der Waals surface area (Å²) < 4.78 is 48.3. The maximum Gasteiger partial charge on any atom is 0.220 e. The topological polar surface area (TPSA) is 63.2 Å². The summed E-state index contributed by atoms with van der Waals surface area (Å²) in [6.45, 7) is 0.343. The number of amides is 1. The van der Waals surface area contributed by atoms with Crippen LogP contribution in [0.1, 0.15) is 18.4 Å². The number of nitrogens with one attached hydrogen (secondary N) is 1. The van der Waals surface area contributed by atoms with Gasteiger partial charge in [0.2, 0.25) is 5.91 Å². The molecule has 0 spiro atoms. The van der Waals surface area contributed by atoms with Gasteiger partial charge in [0, 0.05) is 13.0 Å². The average molecular weight is 317 g/mol. The van der Waals surface area contributed by atoms with Crippen molar-refractivity contribution in [1.29, 1.82) is 0 Å². The lowest BCUT2D eigenvalue weighted by Crippen LogP contribution is -2.29. The number of hydrogen-bond donors (Lipinski definition) is 1. The smallest absolute Gasteiger partial charge is 0.220 e. The highest BCUT2D eigenvalue weighted by atomic mass is 32.2. The number of aryl methyl sites for hydroxylation is 1. The highest BCUT2D eigenvalue weighted by Gasteiger charge is 2.27. The van der Waals surface area contributed by atoms with Crippen molar-refractivity contribution in [3.05, 3.63) is 35.4 Å². The van der Waals surface area contributed by atoms with Crippen molar-refractivity contribution in [3.63, 3.8) is 0 Å². The second-order valence-corrected chi connectivity index (χ2v) is 7.55. The van der Waals surface area contributed by atoms with Gasteiger partial charge in [-0.05, 0) is 36.5 Å². The van der Waals surface area contributed by atoms with Crippen molar-refractivity contribution < 1.29 is 22.0 Å². The minimum absolute atomic E-state index is 0.0257. The lowest BCUT2D eigenvalue weighted by Gasteiger charge is -2.09. The molecule has 1 amide bonds. The fourth-order valence-electron chi connectivity index (χ4n) is 2.33. The van der Waals surface area contributed by atoms with Gasteiger partial charge in [0.05, 0.1) is 11.5 Å². The van der Waals surface area contributed by atoms with Gasteiger partial charge in [-0.25, -0.2) is 17.2 Å². The van der Waals surface area contributed by atoms with E-state index in [1.54, 1.807) is 0 Å². The Morgan fingerprint density at radius 2 is 2.05 bits per heavy atom. The molecular formula is C14H17F2NO3S. The third-order valence-corrected chi connectivity index (χ3v) is 5.38. The van der Waals surface area contributed by atoms with Gasteiger partial charge >= 0.3 is 0 Å². The van der Waals surface area contributed by atoms with E-state index in [1.165, 1.54) is 6.07 Å². The Morgan fingerprint density at radius 3 is 2.67 bits per heavy atom. The predicted molar refractivity (Wildman–Crippen MR) is 74.4 cm³/mol. The van der Waals surface area contributed by atoms with E-state index in [-0.39, 0.29) is 29.8 Å². The summed E-state index contributed by atoms with van der Waals surface area (Å²) in [4.78, 5) is 11.7. The number of rotatable bonds is 5. The summed E-state index contributed by atoms with van der Waals surface area (Å²) >= 11 is 0. The van der Waals surface area contributed by atoms with Gasteiger partial charge in [-0.1, -0.05) is 6.07 Å². The van der Waals surface area contributed by atoms with E-state index < -0.39 is 21.5 Å². The molecular weight excluding hydrogens is 300 g/mol. The summed E-state index contributed by atoms with van der Waals surface area (Å²) in [6, 6.07) is 3.55. The molecule has 1 atom stereocenters. The monoisotopic (exact) mass is 317 g/mol. The number of carbonyl (C=O) groups excluding carboxylic acids is 1. The van der Waals surface area contributed by atoms with E-state index in [0.717, 1.165) is 12.1 Å². The van der Waals surface area contributed by atoms with Crippen molar-refractivity contribution in [2.75, 3.05) is 18.1 Å². The zero-order chi connectivity index (χ0) is 15.5. The Bertz CT molecular complexity index is 631. The molecule has 0 bridgehead atoms. The summed E-state index contributed by atoms with van der Waals surface area (Å²) in [5.74, 6) is -1.78. The van der Waals surface area contributed by atoms with Crippen molar-refractivity contribution in [2.45, 2.75) is 19.3 Å². The largest absolute Gasteiger partial charge is 0.356 e. The van der Waals surface area contributed by atoms with Crippen LogP contribution in [-0.4, -0.2) is 32.4 Å². The van der Waals surface area contributed by atoms with Gasteiger partial charge in [-0.2, -0.15) is 0 Å². The number of carbonyl (C=O) groups is 1. The molecule has 7 heteroatoms. The van der Waals surface area contributed by atoms with E-state index in [0.29, 0.717) is 24.9 Å². The lowest BCUT2D eigenvalue weighted by atomic mass is 10.1. The first-order chi connectivity index (χ1) is 9.85. The summed E-state index contributed by atoms with van der Waals surface area (Å²) in [6.07, 6.45) is 1.04. The van der Waals surface area contributed by atoms with E-state index in [2.05, 4.69) is 5.32 Å². The van der Waals surface area contributed by atoms with Gasteiger partial charge in [0.1, 0.15) is 0 Å². The van der Waals surface area contributed by atoms with Crippen molar-refractivity contribution >= 4 is 15.7 Å². The van der Waals surface area contributed by atoms with Crippen LogP contribution in [0.25, 0.3) is 0 Å². The number of halogens is 2. The minimum Gasteiger partial charge on any atom is -0.356 e. The van der Waals surface area contributed by atoms with Crippen molar-refractivity contribution in [1.82, 2.24) is 5.32 Å². The molecule has 0 radical (unpaired) electrons. The lowest BCUT2D eigenvalue weighted by molar-refractivity contribution is -0.121. The second-order valence-electron chi connectivity index (χ2n) is 5.32. The Kier molecular flexibility index (Phi) is 4.92. The SMILES string of the molecule is O=C(CCc1ccc(F)c(F)c1)NC[C@H]1CCS(=O)(=O)C1. The van der Waals surface area contributed by atoms with Crippen LogP contribution in [0, 0.1) is 17.6 Å². The Morgan fingerprint density at radius 1 is 1.29 bits per heavy atom. The average Bonchev–Trinajstić information content (AvgIpc) is 2.77. The Labute approximate surface area is 122 Å². The first-order valence-corrected chi connectivity index (χ1v) is 8.59. The quantitative estimate of drug-likeness (QED) is 0.894. The molecule has 1 aromatic carbocycles. The zero-order valence-electron chi connectivity index (χ0n) is 11.4. The first kappa shape index (κ1) is 15.9. The Balaban J connectivity index is 1.74. The molecule has 1 N–H and O–H groups in total. The van der Waals surface area contributed by atoms with E-state index in [9.17, 15) is 22.0 Å². The van der Waals surface area contributed by atoms with Crippen molar-refractivity contribution in [2.24, 2.45) is 5.92 Å². The molecule has 4 nitrogen and oxygen atoms in total. The second kappa shape index (κ2) is 6.51. The minimum atomic E-state index is -2.94. The highest BCUT2D eigenvalue weighted by Crippen LogP contribution is 2.17. The molecule has 1 aliphatic rings. The molecule has 1 aliphatic heterocycles. The molecule has 0 saturated carbocycles. The van der Waals surface area contributed by atoms with Gasteiger partial charge in [-0.3, -0.25) is 4.79 Å². The van der Waals surface area contributed by atoms with Gasteiger partial charge in [0.15, 0.2) is 21.5 Å². The predicted octanol–water partition coefficient (Wildman–Crippen LogP) is 1.45. The van der Waals surface area contributed by atoms with Gasteiger partial charge in [-0.15, -0.1) is 0 Å². The Hall–Kier alpha value is -1.50. The standard InChI is InChI=1S/C14H17F2NO3S/c15-12-3-1-10(7-13(12)16)2-4-14(18)17-8-11-5-6-21(19,20)9-11/h1,3,7,11H,2,4-6,8-9H2,(H,17,18)/t11-/m1/s1. The van der Waals surface area contributed by atoms with E-state index in [1.807, 2.05) is 0 Å². The van der Waals surface area contributed by atoms with Gasteiger partial charge in [0.25, 0.3) is 0 Å². The molecule has 2 rings (SSSR count). The zero-order valence-corrected chi connectivity index (χ0v) is 12.3. The third-order valence-electron chi connectivity index (χ3n) is 3.54. The maximum atomic E-state index is 13.0. The fourth-order valence-corrected chi connectivity index (χ4v) is 4.19. The number of benzene rings is 1. The number of hydrogen-bond acceptors (Lipinski definition) is 3. The summed E-state index contributed by atoms with van der Waals surface area (Å²) in [5.41, 5.74) is 0.549. The van der Waals surface area contributed by atoms with Crippen molar-refractivity contribution in [3.8, 4) is 0 Å². The summed E-state index contributed by atoms with van der Waals surface area (Å²) in [5, 5.41) is 2.69. The van der Waals surface area contributed by atoms with E-state index >= 15 is 0 Å². The summed E-state index contributed by atoms with van der Waals surface area (Å²) in [7, 11) is -2.94. The molecule has 1 heterocycles. The highest BCUT2D eigenvalue weighted by molar-refractivity contribution is 7.91. The van der Waals surface area contributed by atoms with Crippen LogP contribution in [0.3, 0.4) is 0 Å². The molecule has 116 valence electrons. The molecule has 1 fully saturated rings. The van der Waals surface area contributed by atoms with Crippen LogP contribution >= 0.6 is 0 Å². The molecule has 21 heavy (non-hydrogen) atoms. The third kappa shape index (κ3) is 4.77. The van der Waals surface area contributed by atoms with Crippen LogP contribution in [0.2, 0.25) is 0 Å². The molecule has 1 saturated heterocycles. The maximum absolute atomic E-state index is 13.0. The molecule has 0 unspecified atom stereocenters.